The summed E-state index contributed by atoms with van der Waals surface area (Å²) >= 11 is 0. The molecule has 0 amide bonds. The van der Waals surface area contributed by atoms with E-state index >= 15 is 0 Å². The average molecular weight is 311 g/mol. The minimum atomic E-state index is -0.672. The minimum absolute atomic E-state index is 0.0404. The molecule has 0 aliphatic rings. The fourth-order valence-electron chi connectivity index (χ4n) is 2.26. The van der Waals surface area contributed by atoms with Gasteiger partial charge in [-0.25, -0.2) is 9.59 Å². The van der Waals surface area contributed by atoms with Gasteiger partial charge < -0.3 is 13.9 Å². The maximum absolute atomic E-state index is 11.7. The van der Waals surface area contributed by atoms with Gasteiger partial charge in [0.2, 0.25) is 0 Å². The molecule has 3 rings (SSSR count). The molecule has 0 unspecified atom stereocenters. The topological polar surface area (TPSA) is 93.0 Å². The first-order valence-corrected chi connectivity index (χ1v) is 6.86. The highest BCUT2D eigenvalue weighted by Crippen LogP contribution is 2.23. The van der Waals surface area contributed by atoms with Gasteiger partial charge in [0, 0.05) is 29.8 Å². The first kappa shape index (κ1) is 14.8. The van der Waals surface area contributed by atoms with Crippen LogP contribution in [0.2, 0.25) is 0 Å². The number of aliphatic imine (C=N–C) groups is 1. The predicted molar refractivity (Wildman–Crippen MR) is 85.9 cm³/mol. The Hall–Kier alpha value is -3.15. The lowest BCUT2D eigenvalue weighted by Gasteiger charge is -2.01. The van der Waals surface area contributed by atoms with Crippen molar-refractivity contribution in [3.63, 3.8) is 0 Å². The maximum Gasteiger partial charge on any atom is 0.348 e. The van der Waals surface area contributed by atoms with E-state index < -0.39 is 11.3 Å². The van der Waals surface area contributed by atoms with Crippen molar-refractivity contribution in [2.45, 2.75) is 13.8 Å². The van der Waals surface area contributed by atoms with E-state index in [-0.39, 0.29) is 11.3 Å². The lowest BCUT2D eigenvalue weighted by molar-refractivity contribution is 0.433. The molecule has 2 aromatic heterocycles. The summed E-state index contributed by atoms with van der Waals surface area (Å²) in [6.45, 7) is 3.38. The van der Waals surface area contributed by atoms with Crippen LogP contribution < -0.4 is 11.3 Å². The lowest BCUT2D eigenvalue weighted by Crippen LogP contribution is -2.07. The third-order valence-corrected chi connectivity index (χ3v) is 3.37. The van der Waals surface area contributed by atoms with E-state index in [9.17, 15) is 14.7 Å². The van der Waals surface area contributed by atoms with Crippen molar-refractivity contribution in [2.24, 2.45) is 4.99 Å². The van der Waals surface area contributed by atoms with E-state index in [2.05, 4.69) is 4.99 Å². The van der Waals surface area contributed by atoms with Crippen LogP contribution in [0.3, 0.4) is 0 Å². The Bertz CT molecular complexity index is 1040. The van der Waals surface area contributed by atoms with Gasteiger partial charge in [-0.1, -0.05) is 0 Å². The largest absolute Gasteiger partial charge is 0.507 e. The predicted octanol–water partition coefficient (Wildman–Crippen LogP) is 2.82. The fraction of sp³-hybridized carbons (Fsp3) is 0.118. The zero-order chi connectivity index (χ0) is 16.6. The molecule has 1 N–H and O–H groups in total. The average Bonchev–Trinajstić information content (AvgIpc) is 2.45. The van der Waals surface area contributed by atoms with Crippen molar-refractivity contribution in [3.8, 4) is 5.75 Å². The summed E-state index contributed by atoms with van der Waals surface area (Å²) in [6.07, 6.45) is 1.22. The second kappa shape index (κ2) is 5.57. The molecular formula is C17H13NO5. The summed E-state index contributed by atoms with van der Waals surface area (Å²) in [7, 11) is 0. The third kappa shape index (κ3) is 2.91. The molecule has 0 radical (unpaired) electrons. The quantitative estimate of drug-likeness (QED) is 0.580. The van der Waals surface area contributed by atoms with Crippen molar-refractivity contribution >= 4 is 22.9 Å². The highest BCUT2D eigenvalue weighted by Gasteiger charge is 2.07. The standard InChI is InChI=1S/C17H13NO5/c1-9-5-16(20)23-15-7-11(3-4-12(9)15)18-8-13-14(19)6-10(2)22-17(13)21/h3-8,19H,1-2H3. The molecule has 6 heteroatoms. The molecule has 0 fully saturated rings. The molecule has 0 saturated heterocycles. The second-order valence-corrected chi connectivity index (χ2v) is 5.13. The number of aryl methyl sites for hydroxylation is 2. The van der Waals surface area contributed by atoms with Crippen LogP contribution in [0.25, 0.3) is 11.0 Å². The van der Waals surface area contributed by atoms with Crippen LogP contribution in [0.1, 0.15) is 16.9 Å². The smallest absolute Gasteiger partial charge is 0.348 e. The highest BCUT2D eigenvalue weighted by molar-refractivity contribution is 5.87. The van der Waals surface area contributed by atoms with Gasteiger partial charge in [-0.15, -0.1) is 0 Å². The summed E-state index contributed by atoms with van der Waals surface area (Å²) in [4.78, 5) is 27.3. The maximum atomic E-state index is 11.7. The van der Waals surface area contributed by atoms with Crippen LogP contribution in [0.15, 0.2) is 53.7 Å². The Morgan fingerprint density at radius 3 is 2.61 bits per heavy atom. The van der Waals surface area contributed by atoms with Crippen LogP contribution in [0, 0.1) is 13.8 Å². The summed E-state index contributed by atoms with van der Waals surface area (Å²) < 4.78 is 10.1. The number of hydrogen-bond acceptors (Lipinski definition) is 6. The number of benzene rings is 1. The molecule has 0 aliphatic carbocycles. The summed E-state index contributed by atoms with van der Waals surface area (Å²) in [5.41, 5.74) is 0.544. The minimum Gasteiger partial charge on any atom is -0.507 e. The van der Waals surface area contributed by atoms with E-state index in [1.165, 1.54) is 18.3 Å². The monoisotopic (exact) mass is 311 g/mol. The number of rotatable bonds is 2. The Labute approximate surface area is 130 Å². The molecule has 0 saturated carbocycles. The van der Waals surface area contributed by atoms with Crippen LogP contribution in [0.5, 0.6) is 5.75 Å². The molecule has 0 aliphatic heterocycles. The van der Waals surface area contributed by atoms with Gasteiger partial charge in [-0.3, -0.25) is 4.99 Å². The molecule has 6 nitrogen and oxygen atoms in total. The third-order valence-electron chi connectivity index (χ3n) is 3.37. The van der Waals surface area contributed by atoms with Gasteiger partial charge >= 0.3 is 11.3 Å². The first-order chi connectivity index (χ1) is 10.9. The Balaban J connectivity index is 2.05. The zero-order valence-electron chi connectivity index (χ0n) is 12.5. The molecule has 1 aromatic carbocycles. The van der Waals surface area contributed by atoms with E-state index in [4.69, 9.17) is 8.83 Å². The van der Waals surface area contributed by atoms with E-state index in [1.807, 2.05) is 6.92 Å². The van der Waals surface area contributed by atoms with Crippen molar-refractivity contribution in [3.05, 3.63) is 68.1 Å². The molecule has 116 valence electrons. The summed E-state index contributed by atoms with van der Waals surface area (Å²) in [5.74, 6) is 0.110. The Morgan fingerprint density at radius 1 is 1.09 bits per heavy atom. The van der Waals surface area contributed by atoms with Crippen molar-refractivity contribution in [2.75, 3.05) is 0 Å². The van der Waals surface area contributed by atoms with Gasteiger partial charge in [-0.05, 0) is 31.5 Å². The van der Waals surface area contributed by atoms with Crippen molar-refractivity contribution in [1.29, 1.82) is 0 Å². The van der Waals surface area contributed by atoms with E-state index in [1.54, 1.807) is 25.1 Å². The zero-order valence-corrected chi connectivity index (χ0v) is 12.5. The van der Waals surface area contributed by atoms with Crippen LogP contribution >= 0.6 is 0 Å². The fourth-order valence-corrected chi connectivity index (χ4v) is 2.26. The van der Waals surface area contributed by atoms with Crippen LogP contribution in [-0.2, 0) is 0 Å². The first-order valence-electron chi connectivity index (χ1n) is 6.86. The van der Waals surface area contributed by atoms with Crippen molar-refractivity contribution in [1.82, 2.24) is 0 Å². The Morgan fingerprint density at radius 2 is 1.87 bits per heavy atom. The molecule has 0 bridgehead atoms. The van der Waals surface area contributed by atoms with Crippen molar-refractivity contribution < 1.29 is 13.9 Å². The van der Waals surface area contributed by atoms with Gasteiger partial charge in [0.05, 0.1) is 5.69 Å². The van der Waals surface area contributed by atoms with Gasteiger partial charge in [0.1, 0.15) is 22.7 Å². The molecule has 3 aromatic rings. The van der Waals surface area contributed by atoms with Gasteiger partial charge in [-0.2, -0.15) is 0 Å². The van der Waals surface area contributed by atoms with Crippen LogP contribution in [0.4, 0.5) is 5.69 Å². The molecule has 23 heavy (non-hydrogen) atoms. The highest BCUT2D eigenvalue weighted by atomic mass is 16.4. The summed E-state index contributed by atoms with van der Waals surface area (Å²) in [5, 5.41) is 10.6. The SMILES string of the molecule is Cc1cc(O)c(C=Nc2ccc3c(C)cc(=O)oc3c2)c(=O)o1. The van der Waals surface area contributed by atoms with Gasteiger partial charge in [0.25, 0.3) is 0 Å². The number of nitrogens with zero attached hydrogens (tertiary/aromatic N) is 1. The normalized spacial score (nSPS) is 11.4. The number of fused-ring (bicyclic) bond motifs is 1. The summed E-state index contributed by atoms with van der Waals surface area (Å²) in [6, 6.07) is 7.84. The Kier molecular flexibility index (Phi) is 3.57. The lowest BCUT2D eigenvalue weighted by atomic mass is 10.1. The van der Waals surface area contributed by atoms with E-state index in [0.29, 0.717) is 17.0 Å². The van der Waals surface area contributed by atoms with Gasteiger partial charge in [0.15, 0.2) is 0 Å². The number of aromatic hydroxyl groups is 1. The van der Waals surface area contributed by atoms with Crippen LogP contribution in [-0.4, -0.2) is 11.3 Å². The second-order valence-electron chi connectivity index (χ2n) is 5.13. The molecular weight excluding hydrogens is 298 g/mol. The number of hydrogen-bond donors (Lipinski definition) is 1. The molecule has 0 atom stereocenters. The molecule has 0 spiro atoms. The molecule has 2 heterocycles. The van der Waals surface area contributed by atoms with E-state index in [0.717, 1.165) is 10.9 Å².